The lowest BCUT2D eigenvalue weighted by Crippen LogP contribution is -2.27. The summed E-state index contributed by atoms with van der Waals surface area (Å²) in [6.45, 7) is 6.37. The molecule has 0 bridgehead atoms. The fraction of sp³-hybridized carbons (Fsp3) is 0.235. The summed E-state index contributed by atoms with van der Waals surface area (Å²) in [5.41, 5.74) is 3.65. The van der Waals surface area contributed by atoms with E-state index in [1.807, 2.05) is 55.8 Å². The molecule has 0 saturated heterocycles. The van der Waals surface area contributed by atoms with Crippen LogP contribution in [0.2, 0.25) is 0 Å². The summed E-state index contributed by atoms with van der Waals surface area (Å²) < 4.78 is 1.86. The molecule has 1 aromatic carbocycles. The smallest absolute Gasteiger partial charge is 0.319 e. The zero-order valence-corrected chi connectivity index (χ0v) is 14.6. The van der Waals surface area contributed by atoms with Gasteiger partial charge in [-0.05, 0) is 45.0 Å². The van der Waals surface area contributed by atoms with Crippen LogP contribution in [0.1, 0.15) is 21.3 Å². The second-order valence-corrected chi connectivity index (χ2v) is 6.86. The molecule has 0 unspecified atom stereocenters. The highest BCUT2D eigenvalue weighted by Crippen LogP contribution is 2.17. The van der Waals surface area contributed by atoms with Gasteiger partial charge in [-0.15, -0.1) is 11.3 Å². The monoisotopic (exact) mass is 341 g/mol. The molecule has 2 aromatic heterocycles. The standard InChI is InChI=1S/C17H19N5OS/c1-11-7-12(2)22(21-11)15-6-4-5-14(8-15)20-17(23)19-10-16-9-18-13(3)24-16/h4-9H,10H2,1-3H3,(H2,19,20,23). The van der Waals surface area contributed by atoms with Crippen LogP contribution in [0, 0.1) is 20.8 Å². The molecule has 0 atom stereocenters. The van der Waals surface area contributed by atoms with Gasteiger partial charge in [-0.25, -0.2) is 14.5 Å². The van der Waals surface area contributed by atoms with Gasteiger partial charge in [-0.2, -0.15) is 5.10 Å². The second kappa shape index (κ2) is 6.84. The van der Waals surface area contributed by atoms with Crippen LogP contribution in [0.15, 0.2) is 36.5 Å². The topological polar surface area (TPSA) is 71.8 Å². The van der Waals surface area contributed by atoms with Crippen molar-refractivity contribution in [3.05, 3.63) is 57.8 Å². The molecular formula is C17H19N5OS. The minimum atomic E-state index is -0.244. The number of hydrogen-bond donors (Lipinski definition) is 2. The number of aryl methyl sites for hydroxylation is 3. The number of hydrogen-bond acceptors (Lipinski definition) is 4. The van der Waals surface area contributed by atoms with Crippen LogP contribution in [0.25, 0.3) is 5.69 Å². The Kier molecular flexibility index (Phi) is 4.61. The van der Waals surface area contributed by atoms with Crippen LogP contribution in [0.4, 0.5) is 10.5 Å². The van der Waals surface area contributed by atoms with Gasteiger partial charge in [-0.3, -0.25) is 0 Å². The molecule has 2 N–H and O–H groups in total. The molecule has 7 heteroatoms. The molecule has 0 fully saturated rings. The van der Waals surface area contributed by atoms with E-state index in [4.69, 9.17) is 0 Å². The molecule has 3 aromatic rings. The van der Waals surface area contributed by atoms with Gasteiger partial charge in [-0.1, -0.05) is 6.07 Å². The Morgan fingerprint density at radius 3 is 2.75 bits per heavy atom. The summed E-state index contributed by atoms with van der Waals surface area (Å²) in [7, 11) is 0. The van der Waals surface area contributed by atoms with Gasteiger partial charge in [0.1, 0.15) is 0 Å². The van der Waals surface area contributed by atoms with Crippen molar-refractivity contribution in [2.24, 2.45) is 0 Å². The quantitative estimate of drug-likeness (QED) is 0.762. The van der Waals surface area contributed by atoms with Crippen LogP contribution in [-0.4, -0.2) is 20.8 Å². The molecule has 0 radical (unpaired) electrons. The van der Waals surface area contributed by atoms with Gasteiger partial charge in [0.05, 0.1) is 22.9 Å². The van der Waals surface area contributed by atoms with Crippen molar-refractivity contribution >= 4 is 23.1 Å². The Balaban J connectivity index is 1.66. The van der Waals surface area contributed by atoms with E-state index in [9.17, 15) is 4.79 Å². The fourth-order valence-corrected chi connectivity index (χ4v) is 3.17. The zero-order chi connectivity index (χ0) is 17.1. The number of thiazole rings is 1. The van der Waals surface area contributed by atoms with Gasteiger partial charge >= 0.3 is 6.03 Å². The SMILES string of the molecule is Cc1cc(C)n(-c2cccc(NC(=O)NCc3cnc(C)s3)c2)n1. The molecular weight excluding hydrogens is 322 g/mol. The first-order valence-electron chi connectivity index (χ1n) is 7.61. The number of nitrogens with one attached hydrogen (secondary N) is 2. The van der Waals surface area contributed by atoms with Crippen LogP contribution in [0.5, 0.6) is 0 Å². The van der Waals surface area contributed by atoms with E-state index < -0.39 is 0 Å². The third-order valence-electron chi connectivity index (χ3n) is 3.45. The summed E-state index contributed by atoms with van der Waals surface area (Å²) in [4.78, 5) is 17.2. The van der Waals surface area contributed by atoms with Crippen LogP contribution >= 0.6 is 11.3 Å². The van der Waals surface area contributed by atoms with E-state index in [0.29, 0.717) is 6.54 Å². The Morgan fingerprint density at radius 2 is 2.08 bits per heavy atom. The zero-order valence-electron chi connectivity index (χ0n) is 13.8. The lowest BCUT2D eigenvalue weighted by molar-refractivity contribution is 0.252. The molecule has 2 amide bonds. The van der Waals surface area contributed by atoms with Gasteiger partial charge in [0.25, 0.3) is 0 Å². The maximum atomic E-state index is 12.1. The molecule has 6 nitrogen and oxygen atoms in total. The number of rotatable bonds is 4. The van der Waals surface area contributed by atoms with E-state index >= 15 is 0 Å². The third kappa shape index (κ3) is 3.80. The molecule has 0 aliphatic heterocycles. The summed E-state index contributed by atoms with van der Waals surface area (Å²) in [6, 6.07) is 9.38. The maximum Gasteiger partial charge on any atom is 0.319 e. The molecule has 0 saturated carbocycles. The third-order valence-corrected chi connectivity index (χ3v) is 4.36. The first-order chi connectivity index (χ1) is 11.5. The molecule has 0 aliphatic rings. The minimum absolute atomic E-state index is 0.244. The maximum absolute atomic E-state index is 12.1. The van der Waals surface area contributed by atoms with E-state index in [0.717, 1.165) is 32.6 Å². The van der Waals surface area contributed by atoms with Crippen LogP contribution < -0.4 is 10.6 Å². The van der Waals surface area contributed by atoms with Crippen LogP contribution in [-0.2, 0) is 6.54 Å². The summed E-state index contributed by atoms with van der Waals surface area (Å²) in [6.07, 6.45) is 1.78. The highest BCUT2D eigenvalue weighted by molar-refractivity contribution is 7.11. The van der Waals surface area contributed by atoms with Crippen LogP contribution in [0.3, 0.4) is 0 Å². The summed E-state index contributed by atoms with van der Waals surface area (Å²) in [5.74, 6) is 0. The predicted molar refractivity (Wildman–Crippen MR) is 95.7 cm³/mol. The Hall–Kier alpha value is -2.67. The number of carbonyl (C=O) groups is 1. The van der Waals surface area contributed by atoms with Gasteiger partial charge in [0.2, 0.25) is 0 Å². The normalized spacial score (nSPS) is 10.6. The van der Waals surface area contributed by atoms with E-state index in [1.54, 1.807) is 17.5 Å². The average molecular weight is 341 g/mol. The highest BCUT2D eigenvalue weighted by Gasteiger charge is 2.07. The number of urea groups is 1. The first-order valence-corrected chi connectivity index (χ1v) is 8.43. The number of amides is 2. The van der Waals surface area contributed by atoms with E-state index in [-0.39, 0.29) is 6.03 Å². The predicted octanol–water partition coefficient (Wildman–Crippen LogP) is 3.58. The minimum Gasteiger partial charge on any atom is -0.333 e. The van der Waals surface area contributed by atoms with Crippen molar-refractivity contribution in [3.63, 3.8) is 0 Å². The van der Waals surface area contributed by atoms with Gasteiger partial charge in [0, 0.05) is 22.5 Å². The molecule has 0 spiro atoms. The van der Waals surface area contributed by atoms with Crippen molar-refractivity contribution in [1.29, 1.82) is 0 Å². The van der Waals surface area contributed by atoms with Crippen molar-refractivity contribution < 1.29 is 4.79 Å². The highest BCUT2D eigenvalue weighted by atomic mass is 32.1. The van der Waals surface area contributed by atoms with Crippen molar-refractivity contribution in [2.75, 3.05) is 5.32 Å². The molecule has 3 rings (SSSR count). The number of aromatic nitrogens is 3. The lowest BCUT2D eigenvalue weighted by Gasteiger charge is -2.09. The van der Waals surface area contributed by atoms with Gasteiger partial charge in [0.15, 0.2) is 0 Å². The number of anilines is 1. The number of carbonyl (C=O) groups excluding carboxylic acids is 1. The number of nitrogens with zero attached hydrogens (tertiary/aromatic N) is 3. The number of benzene rings is 1. The average Bonchev–Trinajstić information content (AvgIpc) is 3.10. The lowest BCUT2D eigenvalue weighted by atomic mass is 10.2. The summed E-state index contributed by atoms with van der Waals surface area (Å²) in [5, 5.41) is 11.1. The molecule has 24 heavy (non-hydrogen) atoms. The largest absolute Gasteiger partial charge is 0.333 e. The van der Waals surface area contributed by atoms with E-state index in [2.05, 4.69) is 20.7 Å². The van der Waals surface area contributed by atoms with Crippen molar-refractivity contribution in [1.82, 2.24) is 20.1 Å². The Bertz CT molecular complexity index is 868. The molecule has 2 heterocycles. The van der Waals surface area contributed by atoms with Crippen molar-refractivity contribution in [2.45, 2.75) is 27.3 Å². The first kappa shape index (κ1) is 16.2. The second-order valence-electron chi connectivity index (χ2n) is 5.54. The Morgan fingerprint density at radius 1 is 1.25 bits per heavy atom. The summed E-state index contributed by atoms with van der Waals surface area (Å²) >= 11 is 1.57. The fourth-order valence-electron chi connectivity index (χ4n) is 2.44. The Labute approximate surface area is 144 Å². The molecule has 124 valence electrons. The van der Waals surface area contributed by atoms with E-state index in [1.165, 1.54) is 0 Å². The molecule has 0 aliphatic carbocycles. The van der Waals surface area contributed by atoms with Gasteiger partial charge < -0.3 is 10.6 Å². The van der Waals surface area contributed by atoms with Crippen molar-refractivity contribution in [3.8, 4) is 5.69 Å².